The first-order valence-electron chi connectivity index (χ1n) is 14.7. The standard InChI is InChI=1S/C27H32F6N6O3.C2H6/c1-13(2)23(34)25(42)38-6-3-4-20(38)24(41)35-16(8-15-9-18(29)19(30)12-17(15)28)11-21(40)14-5-7-39-22(10-14)36-37-26(39)27(31,32)33;1-2/h9,12-14,16,20,23H,3-8,10-11,34H2,1-2H3,(H,35,41);1-2H3. The summed E-state index contributed by atoms with van der Waals surface area (Å²) < 4.78 is 82.5. The van der Waals surface area contributed by atoms with E-state index in [1.54, 1.807) is 13.8 Å². The van der Waals surface area contributed by atoms with Crippen LogP contribution in [0, 0.1) is 29.3 Å². The van der Waals surface area contributed by atoms with Gasteiger partial charge in [0.15, 0.2) is 11.6 Å². The van der Waals surface area contributed by atoms with Crippen molar-refractivity contribution in [1.29, 1.82) is 0 Å². The van der Waals surface area contributed by atoms with Crippen LogP contribution < -0.4 is 11.1 Å². The van der Waals surface area contributed by atoms with Crippen LogP contribution in [0.2, 0.25) is 0 Å². The Morgan fingerprint density at radius 3 is 2.32 bits per heavy atom. The zero-order valence-corrected chi connectivity index (χ0v) is 25.1. The van der Waals surface area contributed by atoms with Gasteiger partial charge < -0.3 is 20.5 Å². The monoisotopic (exact) mass is 632 g/mol. The van der Waals surface area contributed by atoms with Gasteiger partial charge in [-0.1, -0.05) is 27.7 Å². The Morgan fingerprint density at radius 2 is 1.68 bits per heavy atom. The SMILES string of the molecule is CC.CC(C)C(N)C(=O)N1CCCC1C(=O)NC(CC(=O)C1CCn2c(nnc2C(F)(F)F)C1)Cc1cc(F)c(F)cc1F. The molecule has 1 aromatic carbocycles. The quantitative estimate of drug-likeness (QED) is 0.319. The molecule has 2 aromatic rings. The molecule has 0 aliphatic carbocycles. The summed E-state index contributed by atoms with van der Waals surface area (Å²) in [6, 6.07) is -1.82. The highest BCUT2D eigenvalue weighted by Crippen LogP contribution is 2.32. The topological polar surface area (TPSA) is 123 Å². The maximum Gasteiger partial charge on any atom is 0.451 e. The number of likely N-dealkylation sites (tertiary alicyclic amines) is 1. The van der Waals surface area contributed by atoms with Crippen LogP contribution in [0.15, 0.2) is 12.1 Å². The van der Waals surface area contributed by atoms with Crippen LogP contribution in [0.25, 0.3) is 0 Å². The molecule has 15 heteroatoms. The average Bonchev–Trinajstić information content (AvgIpc) is 3.63. The van der Waals surface area contributed by atoms with Crippen molar-refractivity contribution in [3.05, 3.63) is 46.8 Å². The summed E-state index contributed by atoms with van der Waals surface area (Å²) in [5, 5.41) is 9.46. The Morgan fingerprint density at radius 1 is 1.02 bits per heavy atom. The van der Waals surface area contributed by atoms with Crippen LogP contribution in [-0.2, 0) is 39.9 Å². The smallest absolute Gasteiger partial charge is 0.351 e. The van der Waals surface area contributed by atoms with Gasteiger partial charge in [0.2, 0.25) is 17.6 Å². The van der Waals surface area contributed by atoms with E-state index in [0.717, 1.165) is 4.57 Å². The minimum absolute atomic E-state index is 0.0132. The van der Waals surface area contributed by atoms with E-state index in [1.807, 2.05) is 13.8 Å². The highest BCUT2D eigenvalue weighted by molar-refractivity contribution is 5.91. The van der Waals surface area contributed by atoms with Gasteiger partial charge in [0.05, 0.1) is 6.04 Å². The van der Waals surface area contributed by atoms with E-state index in [1.165, 1.54) is 4.90 Å². The third kappa shape index (κ3) is 7.96. The van der Waals surface area contributed by atoms with Crippen LogP contribution in [0.5, 0.6) is 0 Å². The van der Waals surface area contributed by atoms with Crippen LogP contribution in [0.1, 0.15) is 70.6 Å². The number of Topliss-reactive ketones (excluding diaryl/α,β-unsaturated/α-hetero) is 1. The number of nitrogens with zero attached hydrogens (tertiary/aromatic N) is 4. The highest BCUT2D eigenvalue weighted by Gasteiger charge is 2.41. The minimum atomic E-state index is -4.71. The van der Waals surface area contributed by atoms with Crippen molar-refractivity contribution < 1.29 is 40.7 Å². The van der Waals surface area contributed by atoms with Gasteiger partial charge in [-0.25, -0.2) is 13.2 Å². The normalized spacial score (nSPS) is 19.6. The maximum atomic E-state index is 14.5. The van der Waals surface area contributed by atoms with Crippen molar-refractivity contribution in [2.45, 2.75) is 97.1 Å². The lowest BCUT2D eigenvalue weighted by Gasteiger charge is -2.30. The van der Waals surface area contributed by atoms with Crippen LogP contribution >= 0.6 is 0 Å². The molecule has 1 aromatic heterocycles. The summed E-state index contributed by atoms with van der Waals surface area (Å²) >= 11 is 0. The summed E-state index contributed by atoms with van der Waals surface area (Å²) in [5.41, 5.74) is 5.72. The molecular weight excluding hydrogens is 594 g/mol. The van der Waals surface area contributed by atoms with Gasteiger partial charge in [0, 0.05) is 44.0 Å². The lowest BCUT2D eigenvalue weighted by Crippen LogP contribution is -2.54. The molecule has 2 amide bonds. The van der Waals surface area contributed by atoms with Crippen molar-refractivity contribution in [2.75, 3.05) is 6.54 Å². The lowest BCUT2D eigenvalue weighted by atomic mass is 9.88. The van der Waals surface area contributed by atoms with Crippen LogP contribution in [0.3, 0.4) is 0 Å². The number of aromatic nitrogens is 3. The summed E-state index contributed by atoms with van der Waals surface area (Å²) in [5.74, 6) is -7.37. The second kappa shape index (κ2) is 14.5. The largest absolute Gasteiger partial charge is 0.451 e. The Labute approximate surface area is 251 Å². The van der Waals surface area contributed by atoms with Crippen molar-refractivity contribution in [1.82, 2.24) is 25.0 Å². The van der Waals surface area contributed by atoms with Crippen molar-refractivity contribution in [3.63, 3.8) is 0 Å². The summed E-state index contributed by atoms with van der Waals surface area (Å²) in [6.07, 6.45) is -4.69. The molecule has 1 saturated heterocycles. The van der Waals surface area contributed by atoms with E-state index < -0.39 is 71.1 Å². The van der Waals surface area contributed by atoms with E-state index in [2.05, 4.69) is 15.5 Å². The van der Waals surface area contributed by atoms with E-state index in [-0.39, 0.29) is 49.5 Å². The van der Waals surface area contributed by atoms with E-state index in [9.17, 15) is 40.7 Å². The Bertz CT molecular complexity index is 1350. The number of nitrogens with one attached hydrogen (secondary N) is 1. The number of nitrogens with two attached hydrogens (primary N) is 1. The molecule has 0 saturated carbocycles. The molecule has 1 fully saturated rings. The third-order valence-corrected chi connectivity index (χ3v) is 7.86. The molecule has 3 N–H and O–H groups in total. The number of carbonyl (C=O) groups is 3. The Balaban J connectivity index is 0.00000259. The first-order chi connectivity index (χ1) is 20.7. The van der Waals surface area contributed by atoms with Crippen molar-refractivity contribution in [3.8, 4) is 0 Å². The van der Waals surface area contributed by atoms with Gasteiger partial charge in [-0.05, 0) is 43.2 Å². The molecule has 244 valence electrons. The summed E-state index contributed by atoms with van der Waals surface area (Å²) in [4.78, 5) is 40.9. The number of fused-ring (bicyclic) bond motifs is 1. The second-order valence-electron chi connectivity index (χ2n) is 11.2. The number of carbonyl (C=O) groups excluding carboxylic acids is 3. The van der Waals surface area contributed by atoms with E-state index >= 15 is 0 Å². The first kappa shape index (κ1) is 35.0. The number of rotatable bonds is 9. The number of hydrogen-bond acceptors (Lipinski definition) is 6. The highest BCUT2D eigenvalue weighted by atomic mass is 19.4. The molecule has 4 rings (SSSR count). The predicted octanol–water partition coefficient (Wildman–Crippen LogP) is 3.96. The van der Waals surface area contributed by atoms with E-state index in [0.29, 0.717) is 31.5 Å². The first-order valence-corrected chi connectivity index (χ1v) is 14.7. The number of halogens is 6. The van der Waals surface area contributed by atoms with Crippen molar-refractivity contribution in [2.24, 2.45) is 17.6 Å². The number of benzene rings is 1. The minimum Gasteiger partial charge on any atom is -0.351 e. The lowest BCUT2D eigenvalue weighted by molar-refractivity contribution is -0.147. The molecular formula is C29H38F6N6O3. The van der Waals surface area contributed by atoms with Crippen molar-refractivity contribution >= 4 is 17.6 Å². The summed E-state index contributed by atoms with van der Waals surface area (Å²) in [6.45, 7) is 7.67. The number of hydrogen-bond donors (Lipinski definition) is 2. The third-order valence-electron chi connectivity index (χ3n) is 7.86. The maximum absolute atomic E-state index is 14.5. The number of amides is 2. The van der Waals surface area contributed by atoms with E-state index in [4.69, 9.17) is 5.73 Å². The molecule has 2 aliphatic rings. The number of alkyl halides is 3. The molecule has 9 nitrogen and oxygen atoms in total. The van der Waals surface area contributed by atoms with Gasteiger partial charge in [0.1, 0.15) is 23.5 Å². The zero-order valence-electron chi connectivity index (χ0n) is 25.1. The Kier molecular flexibility index (Phi) is 11.6. The molecule has 2 aliphatic heterocycles. The van der Waals surface area contributed by atoms with Gasteiger partial charge in [0.25, 0.3) is 0 Å². The summed E-state index contributed by atoms with van der Waals surface area (Å²) in [7, 11) is 0. The zero-order chi connectivity index (χ0) is 32.9. The molecule has 0 bridgehead atoms. The number of ketones is 1. The van der Waals surface area contributed by atoms with Gasteiger partial charge >= 0.3 is 6.18 Å². The Hall–Kier alpha value is -3.49. The molecule has 44 heavy (non-hydrogen) atoms. The molecule has 3 heterocycles. The fourth-order valence-corrected chi connectivity index (χ4v) is 5.46. The molecule has 4 atom stereocenters. The van der Waals surface area contributed by atoms with Crippen LogP contribution in [-0.4, -0.2) is 61.9 Å². The predicted molar refractivity (Wildman–Crippen MR) is 147 cm³/mol. The van der Waals surface area contributed by atoms with Crippen LogP contribution in [0.4, 0.5) is 26.3 Å². The fourth-order valence-electron chi connectivity index (χ4n) is 5.46. The molecule has 0 spiro atoms. The van der Waals surface area contributed by atoms with Gasteiger partial charge in [-0.2, -0.15) is 13.2 Å². The molecule has 4 unspecified atom stereocenters. The molecule has 0 radical (unpaired) electrons. The van der Waals surface area contributed by atoms with Gasteiger partial charge in [-0.15, -0.1) is 10.2 Å². The van der Waals surface area contributed by atoms with Gasteiger partial charge in [-0.3, -0.25) is 14.4 Å². The average molecular weight is 633 g/mol. The fraction of sp³-hybridized carbons (Fsp3) is 0.621. The second-order valence-corrected chi connectivity index (χ2v) is 11.2.